The molecule has 1 fully saturated rings. The molecule has 1 saturated carbocycles. The van der Waals surface area contributed by atoms with Crippen molar-refractivity contribution in [3.05, 3.63) is 48.3 Å². The average molecular weight is 286 g/mol. The number of esters is 1. The van der Waals surface area contributed by atoms with Gasteiger partial charge in [-0.05, 0) is 31.0 Å². The monoisotopic (exact) mass is 286 g/mol. The zero-order valence-electron chi connectivity index (χ0n) is 11.7. The number of nitrogen functional groups attached to an aromatic ring is 1. The largest absolute Gasteiger partial charge is 0.490 e. The van der Waals surface area contributed by atoms with Crippen molar-refractivity contribution in [3.63, 3.8) is 0 Å². The van der Waals surface area contributed by atoms with Gasteiger partial charge < -0.3 is 19.8 Å². The minimum Gasteiger partial charge on any atom is -0.490 e. The van der Waals surface area contributed by atoms with Gasteiger partial charge in [-0.3, -0.25) is 0 Å². The number of rotatable bonds is 6. The molecule has 0 unspecified atom stereocenters. The second-order valence-electron chi connectivity index (χ2n) is 5.09. The molecule has 0 amide bonds. The quantitative estimate of drug-likeness (QED) is 0.655. The number of carbonyl (C=O) groups is 1. The van der Waals surface area contributed by atoms with Crippen LogP contribution >= 0.6 is 0 Å². The second kappa shape index (κ2) is 5.91. The van der Waals surface area contributed by atoms with E-state index in [1.54, 1.807) is 12.3 Å². The molecule has 0 saturated heterocycles. The Labute approximate surface area is 123 Å². The summed E-state index contributed by atoms with van der Waals surface area (Å²) < 4.78 is 12.6. The Kier molecular flexibility index (Phi) is 3.81. The molecule has 1 aromatic heterocycles. The molecule has 0 bridgehead atoms. The number of benzene rings is 1. The molecule has 5 nitrogen and oxygen atoms in total. The van der Waals surface area contributed by atoms with Crippen molar-refractivity contribution >= 4 is 11.7 Å². The van der Waals surface area contributed by atoms with Gasteiger partial charge in [0.25, 0.3) is 0 Å². The molecule has 0 spiro atoms. The molecule has 1 aliphatic carbocycles. The van der Waals surface area contributed by atoms with E-state index < -0.39 is 0 Å². The Bertz CT molecular complexity index is 618. The van der Waals surface area contributed by atoms with Crippen molar-refractivity contribution in [1.82, 2.24) is 4.57 Å². The van der Waals surface area contributed by atoms with Crippen LogP contribution in [0.1, 0.15) is 29.4 Å². The van der Waals surface area contributed by atoms with Crippen LogP contribution in [0.2, 0.25) is 0 Å². The Balaban J connectivity index is 1.50. The van der Waals surface area contributed by atoms with Crippen molar-refractivity contribution in [2.45, 2.75) is 18.9 Å². The van der Waals surface area contributed by atoms with Gasteiger partial charge in [0.05, 0.1) is 5.69 Å². The van der Waals surface area contributed by atoms with Crippen LogP contribution in [0.4, 0.5) is 5.69 Å². The van der Waals surface area contributed by atoms with E-state index in [0.717, 1.165) is 18.6 Å². The first kappa shape index (κ1) is 13.5. The van der Waals surface area contributed by atoms with Crippen molar-refractivity contribution in [1.29, 1.82) is 0 Å². The number of hydrogen-bond acceptors (Lipinski definition) is 4. The van der Waals surface area contributed by atoms with Gasteiger partial charge in [0.1, 0.15) is 24.7 Å². The van der Waals surface area contributed by atoms with Crippen molar-refractivity contribution < 1.29 is 14.3 Å². The van der Waals surface area contributed by atoms with Gasteiger partial charge in [-0.15, -0.1) is 0 Å². The lowest BCUT2D eigenvalue weighted by Crippen LogP contribution is -2.15. The minimum atomic E-state index is -0.352. The summed E-state index contributed by atoms with van der Waals surface area (Å²) in [5.74, 6) is 0.411. The third-order valence-electron chi connectivity index (χ3n) is 3.35. The summed E-state index contributed by atoms with van der Waals surface area (Å²) >= 11 is 0. The van der Waals surface area contributed by atoms with Crippen LogP contribution in [-0.2, 0) is 4.74 Å². The van der Waals surface area contributed by atoms with E-state index in [4.69, 9.17) is 15.2 Å². The fraction of sp³-hybridized carbons (Fsp3) is 0.312. The van der Waals surface area contributed by atoms with Gasteiger partial charge in [0, 0.05) is 12.2 Å². The maximum absolute atomic E-state index is 12.1. The minimum absolute atomic E-state index is 0.212. The first-order chi connectivity index (χ1) is 10.2. The van der Waals surface area contributed by atoms with Crippen molar-refractivity contribution in [2.75, 3.05) is 18.9 Å². The number of carbonyl (C=O) groups excluding carboxylic acids is 1. The summed E-state index contributed by atoms with van der Waals surface area (Å²) in [6.07, 6.45) is 3.98. The maximum Gasteiger partial charge on any atom is 0.355 e. The predicted molar refractivity (Wildman–Crippen MR) is 79.3 cm³/mol. The molecule has 1 aliphatic rings. The molecule has 3 rings (SSSR count). The van der Waals surface area contributed by atoms with Crippen LogP contribution in [-0.4, -0.2) is 23.8 Å². The third kappa shape index (κ3) is 3.37. The molecule has 1 aromatic carbocycles. The van der Waals surface area contributed by atoms with Crippen LogP contribution in [0.25, 0.3) is 0 Å². The molecule has 110 valence electrons. The summed E-state index contributed by atoms with van der Waals surface area (Å²) in [5.41, 5.74) is 6.88. The topological polar surface area (TPSA) is 66.5 Å². The summed E-state index contributed by atoms with van der Waals surface area (Å²) in [5, 5.41) is 0. The predicted octanol–water partition coefficient (Wildman–Crippen LogP) is 2.64. The third-order valence-corrected chi connectivity index (χ3v) is 3.35. The highest BCUT2D eigenvalue weighted by molar-refractivity contribution is 5.89. The van der Waals surface area contributed by atoms with Crippen molar-refractivity contribution in [3.8, 4) is 5.75 Å². The average Bonchev–Trinajstić information content (AvgIpc) is 3.27. The van der Waals surface area contributed by atoms with E-state index >= 15 is 0 Å². The van der Waals surface area contributed by atoms with Gasteiger partial charge in [0.2, 0.25) is 0 Å². The van der Waals surface area contributed by atoms with Gasteiger partial charge in [-0.25, -0.2) is 4.79 Å². The number of hydrogen-bond donors (Lipinski definition) is 1. The SMILES string of the molecule is Nc1cc(C(=O)OCCOc2ccccc2)n(C2CC2)c1. The maximum atomic E-state index is 12.1. The van der Waals surface area contributed by atoms with Crippen LogP contribution in [0, 0.1) is 0 Å². The summed E-state index contributed by atoms with van der Waals surface area (Å²) in [4.78, 5) is 12.1. The molecule has 2 aromatic rings. The van der Waals surface area contributed by atoms with Crippen LogP contribution in [0.5, 0.6) is 5.75 Å². The lowest BCUT2D eigenvalue weighted by molar-refractivity contribution is 0.0438. The normalized spacial score (nSPS) is 13.9. The molecule has 0 aliphatic heterocycles. The number of anilines is 1. The smallest absolute Gasteiger partial charge is 0.355 e. The van der Waals surface area contributed by atoms with E-state index in [0.29, 0.717) is 24.0 Å². The zero-order chi connectivity index (χ0) is 14.7. The highest BCUT2D eigenvalue weighted by Crippen LogP contribution is 2.37. The Morgan fingerprint density at radius 1 is 1.24 bits per heavy atom. The Hall–Kier alpha value is -2.43. The van der Waals surface area contributed by atoms with E-state index in [1.165, 1.54) is 0 Å². The Morgan fingerprint density at radius 3 is 2.71 bits per heavy atom. The Morgan fingerprint density at radius 2 is 2.00 bits per heavy atom. The number of ether oxygens (including phenoxy) is 2. The van der Waals surface area contributed by atoms with Gasteiger partial charge >= 0.3 is 5.97 Å². The van der Waals surface area contributed by atoms with E-state index in [2.05, 4.69) is 0 Å². The lowest BCUT2D eigenvalue weighted by atomic mass is 10.3. The molecule has 2 N–H and O–H groups in total. The summed E-state index contributed by atoms with van der Waals surface area (Å²) in [7, 11) is 0. The number of nitrogens with two attached hydrogens (primary N) is 1. The first-order valence-electron chi connectivity index (χ1n) is 7.06. The number of aromatic nitrogens is 1. The van der Waals surface area contributed by atoms with E-state index in [-0.39, 0.29) is 12.6 Å². The lowest BCUT2D eigenvalue weighted by Gasteiger charge is -2.09. The highest BCUT2D eigenvalue weighted by Gasteiger charge is 2.28. The van der Waals surface area contributed by atoms with Gasteiger partial charge in [-0.2, -0.15) is 0 Å². The number of nitrogens with zero attached hydrogens (tertiary/aromatic N) is 1. The number of para-hydroxylation sites is 1. The van der Waals surface area contributed by atoms with Crippen molar-refractivity contribution in [2.24, 2.45) is 0 Å². The fourth-order valence-electron chi connectivity index (χ4n) is 2.20. The highest BCUT2D eigenvalue weighted by atomic mass is 16.6. The second-order valence-corrected chi connectivity index (χ2v) is 5.09. The van der Waals surface area contributed by atoms with Gasteiger partial charge in [-0.1, -0.05) is 18.2 Å². The molecule has 0 radical (unpaired) electrons. The molecular weight excluding hydrogens is 268 g/mol. The first-order valence-corrected chi connectivity index (χ1v) is 7.06. The van der Waals surface area contributed by atoms with E-state index in [9.17, 15) is 4.79 Å². The standard InChI is InChI=1S/C16H18N2O3/c17-12-10-15(18(11-12)13-6-7-13)16(19)21-9-8-20-14-4-2-1-3-5-14/h1-5,10-11,13H,6-9,17H2. The van der Waals surface area contributed by atoms with E-state index in [1.807, 2.05) is 34.9 Å². The molecule has 1 heterocycles. The summed E-state index contributed by atoms with van der Waals surface area (Å²) in [6, 6.07) is 11.5. The molecule has 5 heteroatoms. The van der Waals surface area contributed by atoms with Gasteiger partial charge in [0.15, 0.2) is 0 Å². The fourth-order valence-corrected chi connectivity index (χ4v) is 2.20. The van der Waals surface area contributed by atoms with Crippen LogP contribution in [0.3, 0.4) is 0 Å². The summed E-state index contributed by atoms with van der Waals surface area (Å²) in [6.45, 7) is 0.541. The molecule has 21 heavy (non-hydrogen) atoms. The molecule has 0 atom stereocenters. The zero-order valence-corrected chi connectivity index (χ0v) is 11.7. The van der Waals surface area contributed by atoms with Crippen LogP contribution < -0.4 is 10.5 Å². The molecular formula is C16H18N2O3. The van der Waals surface area contributed by atoms with Crippen LogP contribution in [0.15, 0.2) is 42.6 Å².